The highest BCUT2D eigenvalue weighted by Gasteiger charge is 2.11. The zero-order valence-electron chi connectivity index (χ0n) is 10.3. The van der Waals surface area contributed by atoms with Crippen molar-refractivity contribution in [2.75, 3.05) is 35.4 Å². The van der Waals surface area contributed by atoms with Crippen LogP contribution < -0.4 is 9.62 Å². The van der Waals surface area contributed by atoms with Gasteiger partial charge in [-0.25, -0.2) is 8.42 Å². The third kappa shape index (κ3) is 4.55. The molecule has 1 aromatic rings. The Bertz CT molecular complexity index is 504. The molecule has 0 saturated heterocycles. The summed E-state index contributed by atoms with van der Waals surface area (Å²) in [5.41, 5.74) is 1.29. The largest absolute Gasteiger partial charge is 0.376 e. The maximum Gasteiger partial charge on any atom is 0.232 e. The summed E-state index contributed by atoms with van der Waals surface area (Å²) in [4.78, 5) is 1.86. The minimum atomic E-state index is -3.35. The summed E-state index contributed by atoms with van der Waals surface area (Å²) in [6, 6.07) is 5.04. The molecule has 0 aliphatic heterocycles. The molecular weight excluding hydrogens is 295 g/mol. The van der Waals surface area contributed by atoms with Crippen molar-refractivity contribution in [2.24, 2.45) is 0 Å². The Hall–Kier alpha value is -0.650. The first kappa shape index (κ1) is 15.4. The van der Waals surface area contributed by atoms with Crippen LogP contribution >= 0.6 is 23.2 Å². The quantitative estimate of drug-likeness (QED) is 0.822. The van der Waals surface area contributed by atoms with Gasteiger partial charge in [-0.05, 0) is 24.6 Å². The van der Waals surface area contributed by atoms with Crippen molar-refractivity contribution in [1.29, 1.82) is 0 Å². The summed E-state index contributed by atoms with van der Waals surface area (Å²) < 4.78 is 25.8. The predicted octanol–water partition coefficient (Wildman–Crippen LogP) is 2.78. The molecule has 7 heteroatoms. The molecule has 0 aliphatic rings. The first-order chi connectivity index (χ1) is 8.35. The van der Waals surface area contributed by atoms with Gasteiger partial charge in [0.05, 0.1) is 22.2 Å². The average Bonchev–Trinajstić information content (AvgIpc) is 2.25. The molecule has 1 rings (SSSR count). The lowest BCUT2D eigenvalue weighted by atomic mass is 10.3. The van der Waals surface area contributed by atoms with Crippen molar-refractivity contribution in [1.82, 2.24) is 0 Å². The van der Waals surface area contributed by atoms with Crippen LogP contribution in [0.3, 0.4) is 0 Å². The van der Waals surface area contributed by atoms with Gasteiger partial charge < -0.3 is 4.90 Å². The molecule has 0 amide bonds. The number of hydrogen-bond acceptors (Lipinski definition) is 3. The fraction of sp³-hybridized carbons (Fsp3) is 0.455. The van der Waals surface area contributed by atoms with Gasteiger partial charge in [0, 0.05) is 20.0 Å². The number of rotatable bonds is 6. The molecule has 0 heterocycles. The van der Waals surface area contributed by atoms with Gasteiger partial charge in [0.25, 0.3) is 0 Å². The third-order valence-electron chi connectivity index (χ3n) is 2.25. The van der Waals surface area contributed by atoms with E-state index in [1.165, 1.54) is 0 Å². The number of nitrogens with one attached hydrogen (secondary N) is 1. The third-order valence-corrected chi connectivity index (χ3v) is 4.19. The van der Waals surface area contributed by atoms with Crippen molar-refractivity contribution in [3.05, 3.63) is 23.2 Å². The first-order valence-electron chi connectivity index (χ1n) is 5.39. The Morgan fingerprint density at radius 2 is 2.00 bits per heavy atom. The van der Waals surface area contributed by atoms with Crippen molar-refractivity contribution < 1.29 is 8.42 Å². The van der Waals surface area contributed by atoms with E-state index in [1.807, 2.05) is 19.0 Å². The van der Waals surface area contributed by atoms with E-state index in [4.69, 9.17) is 23.2 Å². The van der Waals surface area contributed by atoms with Crippen LogP contribution in [0.1, 0.15) is 6.42 Å². The Morgan fingerprint density at radius 3 is 2.50 bits per heavy atom. The number of sulfonamides is 1. The number of anilines is 2. The van der Waals surface area contributed by atoms with E-state index in [0.717, 1.165) is 5.69 Å². The summed E-state index contributed by atoms with van der Waals surface area (Å²) in [6.45, 7) is 0. The van der Waals surface area contributed by atoms with Gasteiger partial charge >= 0.3 is 0 Å². The highest BCUT2D eigenvalue weighted by Crippen LogP contribution is 2.27. The van der Waals surface area contributed by atoms with Gasteiger partial charge in [-0.2, -0.15) is 0 Å². The summed E-state index contributed by atoms with van der Waals surface area (Å²) in [5, 5.41) is 0.498. The summed E-state index contributed by atoms with van der Waals surface area (Å²) in [6.07, 6.45) is 0.417. The molecule has 0 saturated carbocycles. The zero-order chi connectivity index (χ0) is 13.8. The average molecular weight is 311 g/mol. The molecule has 0 aromatic heterocycles. The van der Waals surface area contributed by atoms with E-state index in [1.54, 1.807) is 18.2 Å². The zero-order valence-corrected chi connectivity index (χ0v) is 12.6. The van der Waals surface area contributed by atoms with Crippen LogP contribution in [-0.2, 0) is 10.0 Å². The van der Waals surface area contributed by atoms with Gasteiger partial charge in [-0.1, -0.05) is 11.6 Å². The van der Waals surface area contributed by atoms with Crippen LogP contribution in [0.5, 0.6) is 0 Å². The lowest BCUT2D eigenvalue weighted by molar-refractivity contribution is 0.600. The van der Waals surface area contributed by atoms with Gasteiger partial charge in [-0.3, -0.25) is 4.72 Å². The molecule has 1 aromatic carbocycles. The molecular formula is C11H16Cl2N2O2S. The van der Waals surface area contributed by atoms with Crippen LogP contribution in [0.15, 0.2) is 18.2 Å². The molecule has 0 spiro atoms. The standard InChI is InChI=1S/C11H16Cl2N2O2S/c1-15(2)11-5-4-9(8-10(11)13)14-18(16,17)7-3-6-12/h4-5,8,14H,3,6-7H2,1-2H3. The number of benzene rings is 1. The van der Waals surface area contributed by atoms with Crippen LogP contribution in [0.25, 0.3) is 0 Å². The molecule has 0 fully saturated rings. The van der Waals surface area contributed by atoms with E-state index >= 15 is 0 Å². The number of nitrogens with zero attached hydrogens (tertiary/aromatic N) is 1. The van der Waals surface area contributed by atoms with Gasteiger partial charge in [-0.15, -0.1) is 11.6 Å². The molecule has 0 atom stereocenters. The second-order valence-electron chi connectivity index (χ2n) is 4.02. The number of halogens is 2. The molecule has 0 bridgehead atoms. The second-order valence-corrected chi connectivity index (χ2v) is 6.65. The Balaban J connectivity index is 2.83. The van der Waals surface area contributed by atoms with Crippen LogP contribution in [-0.4, -0.2) is 34.1 Å². The monoisotopic (exact) mass is 310 g/mol. The lowest BCUT2D eigenvalue weighted by Crippen LogP contribution is -2.17. The fourth-order valence-electron chi connectivity index (χ4n) is 1.41. The first-order valence-corrected chi connectivity index (χ1v) is 7.95. The van der Waals surface area contributed by atoms with E-state index in [-0.39, 0.29) is 5.75 Å². The van der Waals surface area contributed by atoms with Gasteiger partial charge in [0.1, 0.15) is 0 Å². The maximum absolute atomic E-state index is 11.7. The molecule has 102 valence electrons. The van der Waals surface area contributed by atoms with Crippen molar-refractivity contribution in [2.45, 2.75) is 6.42 Å². The minimum Gasteiger partial charge on any atom is -0.376 e. The summed E-state index contributed by atoms with van der Waals surface area (Å²) >= 11 is 11.5. The van der Waals surface area contributed by atoms with E-state index < -0.39 is 10.0 Å². The Morgan fingerprint density at radius 1 is 1.33 bits per heavy atom. The van der Waals surface area contributed by atoms with E-state index in [9.17, 15) is 8.42 Å². The highest BCUT2D eigenvalue weighted by atomic mass is 35.5. The number of hydrogen-bond donors (Lipinski definition) is 1. The molecule has 1 N–H and O–H groups in total. The molecule has 0 radical (unpaired) electrons. The van der Waals surface area contributed by atoms with Crippen LogP contribution in [0.2, 0.25) is 5.02 Å². The minimum absolute atomic E-state index is 0.00352. The normalized spacial score (nSPS) is 11.3. The van der Waals surface area contributed by atoms with E-state index in [2.05, 4.69) is 4.72 Å². The summed E-state index contributed by atoms with van der Waals surface area (Å²) in [7, 11) is 0.380. The van der Waals surface area contributed by atoms with E-state index in [0.29, 0.717) is 23.0 Å². The highest BCUT2D eigenvalue weighted by molar-refractivity contribution is 7.92. The Labute approximate surface area is 118 Å². The summed E-state index contributed by atoms with van der Waals surface area (Å²) in [5.74, 6) is 0.324. The lowest BCUT2D eigenvalue weighted by Gasteiger charge is -2.15. The van der Waals surface area contributed by atoms with Crippen molar-refractivity contribution >= 4 is 44.6 Å². The molecule has 0 unspecified atom stereocenters. The van der Waals surface area contributed by atoms with Crippen molar-refractivity contribution in [3.63, 3.8) is 0 Å². The maximum atomic E-state index is 11.7. The van der Waals surface area contributed by atoms with Gasteiger partial charge in [0.15, 0.2) is 0 Å². The second kappa shape index (κ2) is 6.50. The topological polar surface area (TPSA) is 49.4 Å². The SMILES string of the molecule is CN(C)c1ccc(NS(=O)(=O)CCCCl)cc1Cl. The van der Waals surface area contributed by atoms with Crippen LogP contribution in [0, 0.1) is 0 Å². The van der Waals surface area contributed by atoms with Crippen molar-refractivity contribution in [3.8, 4) is 0 Å². The molecule has 0 aliphatic carbocycles. The molecule has 18 heavy (non-hydrogen) atoms. The molecule has 4 nitrogen and oxygen atoms in total. The van der Waals surface area contributed by atoms with Crippen LogP contribution in [0.4, 0.5) is 11.4 Å². The fourth-order valence-corrected chi connectivity index (χ4v) is 3.16. The Kier molecular flexibility index (Phi) is 5.56. The predicted molar refractivity (Wildman–Crippen MR) is 78.5 cm³/mol. The smallest absolute Gasteiger partial charge is 0.232 e. The van der Waals surface area contributed by atoms with Gasteiger partial charge in [0.2, 0.25) is 10.0 Å². The number of alkyl halides is 1.